The van der Waals surface area contributed by atoms with Gasteiger partial charge in [-0.15, -0.1) is 6.42 Å². The molecular formula is C26H24F2O5. The molecule has 3 atom stereocenters. The predicted molar refractivity (Wildman–Crippen MR) is 118 cm³/mol. The van der Waals surface area contributed by atoms with Crippen LogP contribution < -0.4 is 4.74 Å². The number of para-hydroxylation sites is 1. The summed E-state index contributed by atoms with van der Waals surface area (Å²) in [5, 5.41) is 10.2. The number of alkyl halides is 2. The molecule has 7 heteroatoms. The normalized spacial score (nSPS) is 21.9. The van der Waals surface area contributed by atoms with Crippen molar-refractivity contribution in [2.45, 2.75) is 26.2 Å². The van der Waals surface area contributed by atoms with Crippen molar-refractivity contribution in [1.29, 1.82) is 0 Å². The summed E-state index contributed by atoms with van der Waals surface area (Å²) in [4.78, 5) is 24.3. The number of terminal acetylenes is 1. The summed E-state index contributed by atoms with van der Waals surface area (Å²) >= 11 is 0. The molecule has 2 aromatic carbocycles. The van der Waals surface area contributed by atoms with Crippen molar-refractivity contribution in [3.05, 3.63) is 72.3 Å². The summed E-state index contributed by atoms with van der Waals surface area (Å²) in [5.74, 6) is 0.205. The lowest BCUT2D eigenvalue weighted by atomic mass is 9.78. The van der Waals surface area contributed by atoms with Crippen molar-refractivity contribution in [3.8, 4) is 23.8 Å². The Bertz CT molecular complexity index is 1090. The van der Waals surface area contributed by atoms with E-state index in [1.807, 2.05) is 18.2 Å². The quantitative estimate of drug-likeness (QED) is 0.317. The Morgan fingerprint density at radius 3 is 2.42 bits per heavy atom. The Labute approximate surface area is 191 Å². The summed E-state index contributed by atoms with van der Waals surface area (Å²) < 4.78 is 34.8. The van der Waals surface area contributed by atoms with E-state index in [0.29, 0.717) is 17.1 Å². The second-order valence-corrected chi connectivity index (χ2v) is 8.34. The van der Waals surface area contributed by atoms with Crippen LogP contribution in [0.2, 0.25) is 0 Å². The number of carbonyl (C=O) groups excluding carboxylic acids is 1. The number of hydrogen-bond acceptors (Lipinski definition) is 4. The van der Waals surface area contributed by atoms with Crippen molar-refractivity contribution in [2.24, 2.45) is 16.7 Å². The first-order chi connectivity index (χ1) is 15.6. The Kier molecular flexibility index (Phi) is 6.87. The van der Waals surface area contributed by atoms with Crippen molar-refractivity contribution in [2.75, 3.05) is 6.61 Å². The fraction of sp³-hybridized carbons (Fsp3) is 0.308. The maximum atomic E-state index is 12.5. The number of benzene rings is 2. The number of carboxylic acids is 1. The van der Waals surface area contributed by atoms with Gasteiger partial charge < -0.3 is 14.6 Å². The van der Waals surface area contributed by atoms with Gasteiger partial charge in [-0.05, 0) is 35.2 Å². The lowest BCUT2D eigenvalue weighted by Crippen LogP contribution is -2.28. The second kappa shape index (κ2) is 9.45. The van der Waals surface area contributed by atoms with Crippen molar-refractivity contribution in [3.63, 3.8) is 0 Å². The molecule has 0 heterocycles. The first-order valence-electron chi connectivity index (χ1n) is 10.3. The molecule has 0 aliphatic heterocycles. The number of ether oxygens (including phenoxy) is 2. The first kappa shape index (κ1) is 24.0. The van der Waals surface area contributed by atoms with E-state index < -0.39 is 47.6 Å². The number of carboxylic acid groups (broad SMARTS) is 1. The zero-order valence-corrected chi connectivity index (χ0v) is 18.2. The minimum Gasteiger partial charge on any atom is -0.481 e. The number of aliphatic carboxylic acids is 1. The van der Waals surface area contributed by atoms with Gasteiger partial charge in [-0.2, -0.15) is 0 Å². The van der Waals surface area contributed by atoms with Gasteiger partial charge in [-0.1, -0.05) is 56.2 Å². The van der Waals surface area contributed by atoms with Crippen molar-refractivity contribution < 1.29 is 33.0 Å². The molecule has 1 aliphatic rings. The molecule has 0 saturated heterocycles. The van der Waals surface area contributed by atoms with Crippen LogP contribution in [0.3, 0.4) is 0 Å². The molecule has 0 radical (unpaired) electrons. The molecule has 172 valence electrons. The Hall–Kier alpha value is -3.66. The molecule has 1 aliphatic carbocycles. The fourth-order valence-electron chi connectivity index (χ4n) is 4.55. The van der Waals surface area contributed by atoms with Crippen LogP contribution in [0.1, 0.15) is 25.3 Å². The number of carbonyl (C=O) groups is 2. The van der Waals surface area contributed by atoms with Crippen molar-refractivity contribution in [1.82, 2.24) is 0 Å². The van der Waals surface area contributed by atoms with Gasteiger partial charge in [0.25, 0.3) is 6.43 Å². The maximum absolute atomic E-state index is 12.5. The minimum absolute atomic E-state index is 0.501. The molecule has 1 N–H and O–H groups in total. The maximum Gasteiger partial charge on any atom is 0.330 e. The summed E-state index contributed by atoms with van der Waals surface area (Å²) in [5.41, 5.74) is -1.64. The molecule has 5 nitrogen and oxygen atoms in total. The molecule has 2 aromatic rings. The monoisotopic (exact) mass is 454 g/mol. The SMILES string of the molecule is C#CC(c1cccc(Oc2ccccc2)c1)[C@]1(C(=O)O)[C@@H](C=CC(=O)OCC(F)F)C1(C)C. The molecule has 3 rings (SSSR count). The van der Waals surface area contributed by atoms with Crippen LogP contribution in [0.15, 0.2) is 66.7 Å². The van der Waals surface area contributed by atoms with Crippen LogP contribution in [0.25, 0.3) is 0 Å². The molecule has 0 spiro atoms. The standard InChI is InChI=1S/C26H24F2O5/c1-4-20(17-9-8-12-19(15-17)33-18-10-6-5-7-11-18)26(24(30)31)21(25(26,2)3)13-14-23(29)32-16-22(27)28/h1,5-15,20-22H,16H2,2-3H3,(H,30,31)/t20?,21-,26+/m0/s1. The van der Waals surface area contributed by atoms with E-state index in [4.69, 9.17) is 11.2 Å². The van der Waals surface area contributed by atoms with Crippen LogP contribution in [-0.4, -0.2) is 30.1 Å². The Morgan fingerprint density at radius 2 is 1.82 bits per heavy atom. The van der Waals surface area contributed by atoms with Gasteiger partial charge >= 0.3 is 11.9 Å². The van der Waals surface area contributed by atoms with Gasteiger partial charge in [-0.3, -0.25) is 4.79 Å². The summed E-state index contributed by atoms with van der Waals surface area (Å²) in [6, 6.07) is 16.0. The lowest BCUT2D eigenvalue weighted by molar-refractivity contribution is -0.145. The third-order valence-electron chi connectivity index (χ3n) is 6.17. The van der Waals surface area contributed by atoms with E-state index in [-0.39, 0.29) is 0 Å². The van der Waals surface area contributed by atoms with Gasteiger partial charge in [0.15, 0.2) is 6.61 Å². The van der Waals surface area contributed by atoms with Crippen LogP contribution in [0.5, 0.6) is 11.5 Å². The number of allylic oxidation sites excluding steroid dienone is 1. The summed E-state index contributed by atoms with van der Waals surface area (Å²) in [6.45, 7) is 2.47. The molecule has 1 unspecified atom stereocenters. The Morgan fingerprint density at radius 1 is 1.15 bits per heavy atom. The summed E-state index contributed by atoms with van der Waals surface area (Å²) in [6.07, 6.45) is 5.43. The zero-order valence-electron chi connectivity index (χ0n) is 18.2. The molecule has 0 bridgehead atoms. The Balaban J connectivity index is 1.90. The number of esters is 1. The zero-order chi connectivity index (χ0) is 24.2. The van der Waals surface area contributed by atoms with E-state index in [0.717, 1.165) is 6.08 Å². The van der Waals surface area contributed by atoms with E-state index in [9.17, 15) is 23.5 Å². The largest absolute Gasteiger partial charge is 0.481 e. The average Bonchev–Trinajstić information content (AvgIpc) is 3.27. The third kappa shape index (κ3) is 4.61. The van der Waals surface area contributed by atoms with Gasteiger partial charge in [-0.25, -0.2) is 13.6 Å². The second-order valence-electron chi connectivity index (χ2n) is 8.34. The fourth-order valence-corrected chi connectivity index (χ4v) is 4.55. The smallest absolute Gasteiger partial charge is 0.330 e. The number of rotatable bonds is 9. The van der Waals surface area contributed by atoms with E-state index in [1.165, 1.54) is 6.08 Å². The van der Waals surface area contributed by atoms with Crippen LogP contribution in [0.4, 0.5) is 8.78 Å². The molecule has 33 heavy (non-hydrogen) atoms. The van der Waals surface area contributed by atoms with Crippen molar-refractivity contribution >= 4 is 11.9 Å². The molecular weight excluding hydrogens is 430 g/mol. The number of halogens is 2. The van der Waals surface area contributed by atoms with Gasteiger partial charge in [0.05, 0.1) is 11.3 Å². The molecule has 1 saturated carbocycles. The van der Waals surface area contributed by atoms with E-state index in [1.54, 1.807) is 50.2 Å². The predicted octanol–water partition coefficient (Wildman–Crippen LogP) is 5.29. The molecule has 1 fully saturated rings. The van der Waals surface area contributed by atoms with Gasteiger partial charge in [0.1, 0.15) is 11.5 Å². The van der Waals surface area contributed by atoms with Crippen LogP contribution in [0, 0.1) is 29.1 Å². The molecule has 0 aromatic heterocycles. The van der Waals surface area contributed by atoms with Crippen LogP contribution in [-0.2, 0) is 14.3 Å². The first-order valence-corrected chi connectivity index (χ1v) is 10.3. The highest BCUT2D eigenvalue weighted by atomic mass is 19.3. The minimum atomic E-state index is -2.78. The van der Waals surface area contributed by atoms with E-state index >= 15 is 0 Å². The van der Waals surface area contributed by atoms with Crippen LogP contribution >= 0.6 is 0 Å². The highest BCUT2D eigenvalue weighted by Crippen LogP contribution is 2.75. The van der Waals surface area contributed by atoms with E-state index in [2.05, 4.69) is 10.7 Å². The molecule has 0 amide bonds. The topological polar surface area (TPSA) is 72.8 Å². The highest BCUT2D eigenvalue weighted by molar-refractivity contribution is 5.86. The number of hydrogen-bond donors (Lipinski definition) is 1. The third-order valence-corrected chi connectivity index (χ3v) is 6.17. The summed E-state index contributed by atoms with van der Waals surface area (Å²) in [7, 11) is 0. The highest BCUT2D eigenvalue weighted by Gasteiger charge is 2.77. The average molecular weight is 454 g/mol. The lowest BCUT2D eigenvalue weighted by Gasteiger charge is -2.23. The van der Waals surface area contributed by atoms with Gasteiger partial charge in [0, 0.05) is 12.0 Å². The van der Waals surface area contributed by atoms with Gasteiger partial charge in [0.2, 0.25) is 0 Å².